The highest BCUT2D eigenvalue weighted by molar-refractivity contribution is 7.89. The normalized spacial score (nSPS) is 21.2. The first-order valence-corrected chi connectivity index (χ1v) is 7.74. The molecule has 1 aromatic heterocycles. The van der Waals surface area contributed by atoms with Crippen LogP contribution in [0.2, 0.25) is 5.02 Å². The topological polar surface area (TPSA) is 97.1 Å². The van der Waals surface area contributed by atoms with Crippen LogP contribution in [-0.4, -0.2) is 19.9 Å². The molecule has 4 N–H and O–H groups in total. The van der Waals surface area contributed by atoms with Crippen LogP contribution in [0, 0.1) is 11.3 Å². The van der Waals surface area contributed by atoms with Crippen LogP contribution in [0.4, 0.5) is 5.82 Å². The number of halogens is 1. The Hall–Kier alpha value is -0.890. The van der Waals surface area contributed by atoms with Gasteiger partial charge in [0, 0.05) is 12.7 Å². The van der Waals surface area contributed by atoms with E-state index in [0.29, 0.717) is 12.5 Å². The molecule has 6 nitrogen and oxygen atoms in total. The Morgan fingerprint density at radius 2 is 2.21 bits per heavy atom. The van der Waals surface area contributed by atoms with Crippen LogP contribution in [0.1, 0.15) is 20.3 Å². The molecule has 1 fully saturated rings. The Morgan fingerprint density at radius 3 is 2.68 bits per heavy atom. The molecular weight excluding hydrogens is 288 g/mol. The van der Waals surface area contributed by atoms with Crippen molar-refractivity contribution in [3.8, 4) is 0 Å². The first-order chi connectivity index (χ1) is 8.76. The number of hydrazine groups is 1. The summed E-state index contributed by atoms with van der Waals surface area (Å²) in [6, 6.07) is 1.32. The van der Waals surface area contributed by atoms with Crippen LogP contribution in [-0.2, 0) is 10.0 Å². The predicted molar refractivity (Wildman–Crippen MR) is 74.1 cm³/mol. The van der Waals surface area contributed by atoms with Gasteiger partial charge in [-0.1, -0.05) is 25.4 Å². The Morgan fingerprint density at radius 1 is 1.58 bits per heavy atom. The van der Waals surface area contributed by atoms with E-state index in [4.69, 9.17) is 17.4 Å². The van der Waals surface area contributed by atoms with Gasteiger partial charge in [0.15, 0.2) is 5.82 Å². The second-order valence-electron chi connectivity index (χ2n) is 5.39. The molecule has 2 rings (SSSR count). The van der Waals surface area contributed by atoms with E-state index in [1.54, 1.807) is 0 Å². The molecule has 106 valence electrons. The maximum atomic E-state index is 12.1. The Balaban J connectivity index is 2.09. The molecule has 0 saturated heterocycles. The van der Waals surface area contributed by atoms with Crippen LogP contribution in [0.25, 0.3) is 0 Å². The summed E-state index contributed by atoms with van der Waals surface area (Å²) in [5.41, 5.74) is 2.51. The largest absolute Gasteiger partial charge is 0.307 e. The lowest BCUT2D eigenvalue weighted by Crippen LogP contribution is -2.27. The summed E-state index contributed by atoms with van der Waals surface area (Å²) in [6.45, 7) is 4.67. The van der Waals surface area contributed by atoms with Crippen molar-refractivity contribution < 1.29 is 8.42 Å². The van der Waals surface area contributed by atoms with Crippen LogP contribution >= 0.6 is 11.6 Å². The van der Waals surface area contributed by atoms with Gasteiger partial charge in [-0.15, -0.1) is 0 Å². The first-order valence-electron chi connectivity index (χ1n) is 5.88. The van der Waals surface area contributed by atoms with Crippen molar-refractivity contribution in [3.05, 3.63) is 17.3 Å². The summed E-state index contributed by atoms with van der Waals surface area (Å²) in [4.78, 5) is 3.88. The maximum Gasteiger partial charge on any atom is 0.242 e. The number of aromatic nitrogens is 1. The number of hydrogen-bond donors (Lipinski definition) is 3. The third-order valence-corrected chi connectivity index (χ3v) is 5.18. The summed E-state index contributed by atoms with van der Waals surface area (Å²) in [5, 5.41) is 0.164. The molecule has 1 unspecified atom stereocenters. The van der Waals surface area contributed by atoms with Crippen molar-refractivity contribution in [2.45, 2.75) is 25.2 Å². The van der Waals surface area contributed by atoms with Crippen LogP contribution in [0.5, 0.6) is 0 Å². The summed E-state index contributed by atoms with van der Waals surface area (Å²) in [5.74, 6) is 5.81. The standard InChI is InChI=1S/C11H17ClN4O2S/c1-11(2)4-7(11)5-15-19(17,18)8-3-9(12)10(16-13)14-6-8/h3,6-7,15H,4-5,13H2,1-2H3,(H,14,16). The van der Waals surface area contributed by atoms with Crippen molar-refractivity contribution >= 4 is 27.4 Å². The maximum absolute atomic E-state index is 12.1. The minimum atomic E-state index is -3.58. The average molecular weight is 305 g/mol. The second-order valence-corrected chi connectivity index (χ2v) is 7.56. The molecule has 0 aliphatic heterocycles. The fourth-order valence-corrected chi connectivity index (χ4v) is 3.23. The van der Waals surface area contributed by atoms with Gasteiger partial charge in [0.05, 0.1) is 5.02 Å². The molecule has 0 radical (unpaired) electrons. The van der Waals surface area contributed by atoms with Crippen molar-refractivity contribution in [1.82, 2.24) is 9.71 Å². The lowest BCUT2D eigenvalue weighted by Gasteiger charge is -2.09. The number of nitrogens with one attached hydrogen (secondary N) is 2. The molecule has 1 atom stereocenters. The lowest BCUT2D eigenvalue weighted by molar-refractivity contribution is 0.537. The van der Waals surface area contributed by atoms with Crippen molar-refractivity contribution in [3.63, 3.8) is 0 Å². The highest BCUT2D eigenvalue weighted by atomic mass is 35.5. The fourth-order valence-electron chi connectivity index (χ4n) is 1.89. The third-order valence-electron chi connectivity index (χ3n) is 3.50. The monoisotopic (exact) mass is 304 g/mol. The summed E-state index contributed by atoms with van der Waals surface area (Å²) < 4.78 is 26.7. The Kier molecular flexibility index (Phi) is 3.74. The molecule has 0 amide bonds. The zero-order valence-electron chi connectivity index (χ0n) is 10.8. The van der Waals surface area contributed by atoms with Crippen LogP contribution in [0.15, 0.2) is 17.2 Å². The molecule has 0 spiro atoms. The number of hydrogen-bond acceptors (Lipinski definition) is 5. The molecule has 1 aliphatic carbocycles. The van der Waals surface area contributed by atoms with Gasteiger partial charge in [-0.25, -0.2) is 24.0 Å². The zero-order valence-corrected chi connectivity index (χ0v) is 12.3. The van der Waals surface area contributed by atoms with E-state index in [9.17, 15) is 8.42 Å². The number of anilines is 1. The van der Waals surface area contributed by atoms with E-state index in [2.05, 4.69) is 29.0 Å². The molecule has 1 aliphatic rings. The average Bonchev–Trinajstić information content (AvgIpc) is 2.95. The molecule has 1 aromatic rings. The molecular formula is C11H17ClN4O2S. The Bertz CT molecular complexity index is 588. The van der Waals surface area contributed by atoms with Crippen molar-refractivity contribution in [1.29, 1.82) is 0 Å². The molecule has 0 aromatic carbocycles. The highest BCUT2D eigenvalue weighted by Crippen LogP contribution is 2.51. The minimum absolute atomic E-state index is 0.0370. The van der Waals surface area contributed by atoms with Crippen LogP contribution < -0.4 is 16.0 Å². The van der Waals surface area contributed by atoms with Crippen molar-refractivity contribution in [2.75, 3.05) is 12.0 Å². The van der Waals surface area contributed by atoms with Gasteiger partial charge in [-0.3, -0.25) is 0 Å². The number of nitrogen functional groups attached to an aromatic ring is 1. The zero-order chi connectivity index (χ0) is 14.3. The number of sulfonamides is 1. The van der Waals surface area contributed by atoms with Gasteiger partial charge in [-0.05, 0) is 23.8 Å². The van der Waals surface area contributed by atoms with Crippen molar-refractivity contribution in [2.24, 2.45) is 17.2 Å². The molecule has 1 heterocycles. The summed E-state index contributed by atoms with van der Waals surface area (Å²) in [7, 11) is -3.58. The number of nitrogens with two attached hydrogens (primary N) is 1. The SMILES string of the molecule is CC1(C)CC1CNS(=O)(=O)c1cnc(NN)c(Cl)c1. The van der Waals surface area contributed by atoms with E-state index in [-0.39, 0.29) is 21.2 Å². The third kappa shape index (κ3) is 3.17. The number of pyridine rings is 1. The fraction of sp³-hybridized carbons (Fsp3) is 0.545. The van der Waals surface area contributed by atoms with Gasteiger partial charge in [-0.2, -0.15) is 0 Å². The predicted octanol–water partition coefficient (Wildman–Crippen LogP) is 1.35. The van der Waals surface area contributed by atoms with E-state index in [0.717, 1.165) is 6.42 Å². The molecule has 1 saturated carbocycles. The quantitative estimate of drug-likeness (QED) is 0.563. The summed E-state index contributed by atoms with van der Waals surface area (Å²) in [6.07, 6.45) is 2.26. The van der Waals surface area contributed by atoms with E-state index < -0.39 is 10.0 Å². The lowest BCUT2D eigenvalue weighted by atomic mass is 10.1. The van der Waals surface area contributed by atoms with E-state index >= 15 is 0 Å². The Labute approximate surface area is 117 Å². The van der Waals surface area contributed by atoms with Gasteiger partial charge < -0.3 is 5.43 Å². The smallest absolute Gasteiger partial charge is 0.242 e. The molecule has 19 heavy (non-hydrogen) atoms. The van der Waals surface area contributed by atoms with E-state index in [1.807, 2.05) is 0 Å². The van der Waals surface area contributed by atoms with Gasteiger partial charge >= 0.3 is 0 Å². The highest BCUT2D eigenvalue weighted by Gasteiger charge is 2.45. The second kappa shape index (κ2) is 4.90. The minimum Gasteiger partial charge on any atom is -0.307 e. The van der Waals surface area contributed by atoms with Gasteiger partial charge in [0.2, 0.25) is 10.0 Å². The summed E-state index contributed by atoms with van der Waals surface area (Å²) >= 11 is 5.86. The number of nitrogens with zero attached hydrogens (tertiary/aromatic N) is 1. The van der Waals surface area contributed by atoms with Crippen LogP contribution in [0.3, 0.4) is 0 Å². The van der Waals surface area contributed by atoms with Gasteiger partial charge in [0.25, 0.3) is 0 Å². The van der Waals surface area contributed by atoms with Gasteiger partial charge in [0.1, 0.15) is 4.90 Å². The molecule has 8 heteroatoms. The molecule has 0 bridgehead atoms. The van der Waals surface area contributed by atoms with E-state index in [1.165, 1.54) is 12.3 Å². The first kappa shape index (κ1) is 14.5. The number of rotatable bonds is 5.